The first kappa shape index (κ1) is 19.0. The van der Waals surface area contributed by atoms with Crippen LogP contribution >= 0.6 is 23.2 Å². The summed E-state index contributed by atoms with van der Waals surface area (Å²) in [4.78, 5) is 27.9. The molecule has 3 aromatic rings. The van der Waals surface area contributed by atoms with E-state index in [0.29, 0.717) is 26.9 Å². The predicted molar refractivity (Wildman–Crippen MR) is 108 cm³/mol. The van der Waals surface area contributed by atoms with Gasteiger partial charge in [0.1, 0.15) is 16.4 Å². The fourth-order valence-corrected chi connectivity index (χ4v) is 3.03. The largest absolute Gasteiger partial charge is 0.496 e. The Morgan fingerprint density at radius 2 is 1.70 bits per heavy atom. The van der Waals surface area contributed by atoms with E-state index in [2.05, 4.69) is 4.98 Å². The van der Waals surface area contributed by atoms with Crippen LogP contribution in [0.4, 0.5) is 0 Å². The van der Waals surface area contributed by atoms with Gasteiger partial charge in [0.05, 0.1) is 17.2 Å². The molecule has 138 valence electrons. The molecule has 0 aliphatic heterocycles. The molecule has 0 atom stereocenters. The van der Waals surface area contributed by atoms with Crippen LogP contribution in [0.25, 0.3) is 12.2 Å². The molecule has 0 saturated carbocycles. The van der Waals surface area contributed by atoms with Gasteiger partial charge >= 0.3 is 0 Å². The molecule has 0 aliphatic carbocycles. The number of aromatic nitrogens is 2. The molecule has 5 nitrogen and oxygen atoms in total. The average Bonchev–Trinajstić information content (AvgIpc) is 2.67. The second kappa shape index (κ2) is 7.86. The number of benzene rings is 2. The number of H-pyrrole nitrogens is 1. The number of aromatic amines is 1. The van der Waals surface area contributed by atoms with Crippen molar-refractivity contribution in [2.24, 2.45) is 7.05 Å². The summed E-state index contributed by atoms with van der Waals surface area (Å²) in [5, 5.41) is 1.00. The van der Waals surface area contributed by atoms with E-state index in [0.717, 1.165) is 0 Å². The van der Waals surface area contributed by atoms with Crippen LogP contribution in [0.15, 0.2) is 52.1 Å². The zero-order valence-corrected chi connectivity index (χ0v) is 16.1. The van der Waals surface area contributed by atoms with E-state index in [-0.39, 0.29) is 16.3 Å². The van der Waals surface area contributed by atoms with Crippen molar-refractivity contribution in [2.45, 2.75) is 0 Å². The minimum Gasteiger partial charge on any atom is -0.496 e. The normalized spacial score (nSPS) is 12.4. The third kappa shape index (κ3) is 3.84. The highest BCUT2D eigenvalue weighted by Gasteiger charge is 2.06. The van der Waals surface area contributed by atoms with E-state index in [1.54, 1.807) is 43.5 Å². The van der Waals surface area contributed by atoms with Crippen LogP contribution in [0.1, 0.15) is 11.1 Å². The number of halogens is 2. The van der Waals surface area contributed by atoms with Crippen molar-refractivity contribution in [3.05, 3.63) is 95.0 Å². The monoisotopic (exact) mass is 402 g/mol. The Morgan fingerprint density at radius 1 is 1.00 bits per heavy atom. The first-order chi connectivity index (χ1) is 12.9. The molecule has 0 unspecified atom stereocenters. The quantitative estimate of drug-likeness (QED) is 0.728. The van der Waals surface area contributed by atoms with E-state index in [1.165, 1.54) is 17.7 Å². The number of ether oxygens (including phenoxy) is 1. The second-order valence-corrected chi connectivity index (χ2v) is 6.58. The Labute approximate surface area is 164 Å². The van der Waals surface area contributed by atoms with Gasteiger partial charge in [0, 0.05) is 12.6 Å². The van der Waals surface area contributed by atoms with Crippen LogP contribution in [0.5, 0.6) is 5.75 Å². The molecule has 1 N–H and O–H groups in total. The van der Waals surface area contributed by atoms with Gasteiger partial charge in [0.25, 0.3) is 11.1 Å². The molecule has 0 spiro atoms. The third-order valence-corrected chi connectivity index (χ3v) is 4.92. The Balaban J connectivity index is 2.26. The fraction of sp³-hybridized carbons (Fsp3) is 0.100. The van der Waals surface area contributed by atoms with Gasteiger partial charge in [-0.15, -0.1) is 0 Å². The number of hydrogen-bond donors (Lipinski definition) is 1. The van der Waals surface area contributed by atoms with Crippen molar-refractivity contribution in [3.8, 4) is 5.75 Å². The lowest BCUT2D eigenvalue weighted by Crippen LogP contribution is -2.52. The van der Waals surface area contributed by atoms with Crippen LogP contribution in [-0.2, 0) is 7.05 Å². The van der Waals surface area contributed by atoms with Gasteiger partial charge in [0.2, 0.25) is 0 Å². The highest BCUT2D eigenvalue weighted by atomic mass is 35.5. The van der Waals surface area contributed by atoms with Gasteiger partial charge in [-0.25, -0.2) is 0 Å². The summed E-state index contributed by atoms with van der Waals surface area (Å²) < 4.78 is 6.58. The first-order valence-electron chi connectivity index (χ1n) is 8.02. The maximum Gasteiger partial charge on any atom is 0.274 e. The molecular formula is C20H16Cl2N2O3. The smallest absolute Gasteiger partial charge is 0.274 e. The summed E-state index contributed by atoms with van der Waals surface area (Å²) in [6.07, 6.45) is 3.11. The highest BCUT2D eigenvalue weighted by molar-refractivity contribution is 6.42. The van der Waals surface area contributed by atoms with E-state index < -0.39 is 5.56 Å². The Hall–Kier alpha value is -2.76. The van der Waals surface area contributed by atoms with Crippen molar-refractivity contribution in [2.75, 3.05) is 7.11 Å². The lowest BCUT2D eigenvalue weighted by atomic mass is 10.2. The maximum atomic E-state index is 12.7. The van der Waals surface area contributed by atoms with Crippen LogP contribution < -0.4 is 26.6 Å². The van der Waals surface area contributed by atoms with Crippen molar-refractivity contribution < 1.29 is 4.74 Å². The maximum absolute atomic E-state index is 12.7. The molecule has 0 radical (unpaired) electrons. The highest BCUT2D eigenvalue weighted by Crippen LogP contribution is 2.25. The van der Waals surface area contributed by atoms with Crippen molar-refractivity contribution in [3.63, 3.8) is 0 Å². The van der Waals surface area contributed by atoms with E-state index in [4.69, 9.17) is 27.9 Å². The summed E-state index contributed by atoms with van der Waals surface area (Å²) in [5.41, 5.74) is 0.452. The SMILES string of the molecule is COc1ccccc1/C=c1\c(=O)[nH]/c(=C/c2cccc(Cl)c2Cl)c(=O)n1C. The van der Waals surface area contributed by atoms with E-state index >= 15 is 0 Å². The van der Waals surface area contributed by atoms with Crippen molar-refractivity contribution in [1.82, 2.24) is 9.55 Å². The molecular weight excluding hydrogens is 387 g/mol. The van der Waals surface area contributed by atoms with Gasteiger partial charge in [0.15, 0.2) is 0 Å². The number of methoxy groups -OCH3 is 1. The molecule has 0 bridgehead atoms. The molecule has 0 saturated heterocycles. The van der Waals surface area contributed by atoms with Gasteiger partial charge in [-0.3, -0.25) is 9.59 Å². The minimum atomic E-state index is -0.410. The number of para-hydroxylation sites is 1. The summed E-state index contributed by atoms with van der Waals surface area (Å²) in [5.74, 6) is 0.602. The molecule has 0 amide bonds. The third-order valence-electron chi connectivity index (χ3n) is 4.09. The average molecular weight is 403 g/mol. The topological polar surface area (TPSA) is 64.1 Å². The van der Waals surface area contributed by atoms with E-state index in [9.17, 15) is 9.59 Å². The van der Waals surface area contributed by atoms with Crippen molar-refractivity contribution >= 4 is 35.4 Å². The lowest BCUT2D eigenvalue weighted by Gasteiger charge is -2.05. The van der Waals surface area contributed by atoms with Crippen molar-refractivity contribution in [1.29, 1.82) is 0 Å². The number of nitrogens with zero attached hydrogens (tertiary/aromatic N) is 1. The first-order valence-corrected chi connectivity index (χ1v) is 8.78. The number of nitrogens with one attached hydrogen (secondary N) is 1. The number of hydrogen-bond acceptors (Lipinski definition) is 3. The van der Waals surface area contributed by atoms with Gasteiger partial charge < -0.3 is 14.3 Å². The molecule has 0 aliphatic rings. The molecule has 27 heavy (non-hydrogen) atoms. The molecule has 0 fully saturated rings. The predicted octanol–water partition coefficient (Wildman–Crippen LogP) is 2.05. The van der Waals surface area contributed by atoms with Crippen LogP contribution in [0.3, 0.4) is 0 Å². The molecule has 1 heterocycles. The summed E-state index contributed by atoms with van der Waals surface area (Å²) in [7, 11) is 3.08. The Bertz CT molecular complexity index is 1240. The molecule has 7 heteroatoms. The molecule has 1 aromatic heterocycles. The van der Waals surface area contributed by atoms with Crippen LogP contribution in [0, 0.1) is 0 Å². The summed E-state index contributed by atoms with van der Waals surface area (Å²) in [6.45, 7) is 0. The molecule has 3 rings (SSSR count). The summed E-state index contributed by atoms with van der Waals surface area (Å²) >= 11 is 12.2. The Morgan fingerprint density at radius 3 is 2.44 bits per heavy atom. The lowest BCUT2D eigenvalue weighted by molar-refractivity contribution is 0.414. The fourth-order valence-electron chi connectivity index (χ4n) is 2.66. The Kier molecular flexibility index (Phi) is 5.54. The zero-order chi connectivity index (χ0) is 19.6. The minimum absolute atomic E-state index is 0.115. The second-order valence-electron chi connectivity index (χ2n) is 5.79. The van der Waals surface area contributed by atoms with Gasteiger partial charge in [-0.1, -0.05) is 53.5 Å². The van der Waals surface area contributed by atoms with Gasteiger partial charge in [-0.2, -0.15) is 0 Å². The van der Waals surface area contributed by atoms with Gasteiger partial charge in [-0.05, 0) is 29.8 Å². The summed E-state index contributed by atoms with van der Waals surface area (Å²) in [6, 6.07) is 12.3. The van der Waals surface area contributed by atoms with Crippen LogP contribution in [-0.4, -0.2) is 16.7 Å². The van der Waals surface area contributed by atoms with Crippen LogP contribution in [0.2, 0.25) is 10.0 Å². The zero-order valence-electron chi connectivity index (χ0n) is 14.6. The standard InChI is InChI=1S/C20H16Cl2N2O3/c1-24-16(11-12-6-3-4-9-17(12)27-2)19(25)23-15(20(24)26)10-13-7-5-8-14(21)18(13)22/h3-11H,1-2H3,(H,23,25)/b15-10+,16-11+. The molecule has 2 aromatic carbocycles. The van der Waals surface area contributed by atoms with E-state index in [1.807, 2.05) is 12.1 Å². The number of rotatable bonds is 3.